The van der Waals surface area contributed by atoms with Gasteiger partial charge in [0, 0.05) is 0 Å². The summed E-state index contributed by atoms with van der Waals surface area (Å²) in [6.45, 7) is 6.45. The first kappa shape index (κ1) is 9.56. The monoisotopic (exact) mass is 168 g/mol. The molecule has 0 saturated heterocycles. The van der Waals surface area contributed by atoms with Gasteiger partial charge in [-0.15, -0.1) is 0 Å². The topological polar surface area (TPSA) is 38.4 Å². The minimum absolute atomic E-state index is 0.500. The predicted molar refractivity (Wildman–Crippen MR) is 53.3 cm³/mol. The van der Waals surface area contributed by atoms with E-state index >= 15 is 0 Å². The van der Waals surface area contributed by atoms with Crippen molar-refractivity contribution in [1.82, 2.24) is 0 Å². The van der Waals surface area contributed by atoms with Crippen LogP contribution in [0.25, 0.3) is 0 Å². The maximum Gasteiger partial charge on any atom is 0.0909 e. The van der Waals surface area contributed by atoms with Crippen molar-refractivity contribution in [2.24, 2.45) is 22.6 Å². The second kappa shape index (κ2) is 3.92. The van der Waals surface area contributed by atoms with Crippen molar-refractivity contribution in [2.75, 3.05) is 0 Å². The summed E-state index contributed by atoms with van der Waals surface area (Å²) in [5.41, 5.74) is 5.57. The van der Waals surface area contributed by atoms with Gasteiger partial charge >= 0.3 is 0 Å². The second-order valence-electron chi connectivity index (χ2n) is 3.94. The number of nitrogens with two attached hydrogens (primary N) is 1. The van der Waals surface area contributed by atoms with Gasteiger partial charge < -0.3 is 5.73 Å². The molecule has 70 valence electrons. The first-order chi connectivity index (χ1) is 5.65. The summed E-state index contributed by atoms with van der Waals surface area (Å²) < 4.78 is 0. The summed E-state index contributed by atoms with van der Waals surface area (Å²) in [6.07, 6.45) is 3.85. The molecule has 0 aromatic carbocycles. The molecule has 0 bridgehead atoms. The van der Waals surface area contributed by atoms with E-state index in [-0.39, 0.29) is 0 Å². The number of nitrogens with zero attached hydrogens (tertiary/aromatic N) is 1. The predicted octanol–water partition coefficient (Wildman–Crippen LogP) is 2.19. The fourth-order valence-electron chi connectivity index (χ4n) is 2.24. The average Bonchev–Trinajstić information content (AvgIpc) is 2.32. The van der Waals surface area contributed by atoms with E-state index in [1.165, 1.54) is 19.3 Å². The standard InChI is InChI=1S/C10H20N2/c1-4-9-5-6-10(7(9)2)12-8(3)11/h7,9-10H,4-6H2,1-3H3,(H2,11,12). The Balaban J connectivity index is 2.55. The third-order valence-corrected chi connectivity index (χ3v) is 3.08. The number of aliphatic imine (C=N–C) groups is 1. The van der Waals surface area contributed by atoms with E-state index in [0.717, 1.165) is 17.7 Å². The molecule has 3 unspecified atom stereocenters. The molecule has 0 aliphatic heterocycles. The molecule has 0 aromatic heterocycles. The van der Waals surface area contributed by atoms with Crippen LogP contribution in [0.3, 0.4) is 0 Å². The van der Waals surface area contributed by atoms with Crippen molar-refractivity contribution in [3.05, 3.63) is 0 Å². The van der Waals surface area contributed by atoms with E-state index in [4.69, 9.17) is 5.73 Å². The summed E-state index contributed by atoms with van der Waals surface area (Å²) in [6, 6.07) is 0.500. The molecule has 2 heteroatoms. The molecule has 0 heterocycles. The minimum Gasteiger partial charge on any atom is -0.388 e. The van der Waals surface area contributed by atoms with E-state index < -0.39 is 0 Å². The van der Waals surface area contributed by atoms with Crippen LogP contribution < -0.4 is 5.73 Å². The fourth-order valence-corrected chi connectivity index (χ4v) is 2.24. The lowest BCUT2D eigenvalue weighted by Gasteiger charge is -2.16. The molecule has 1 rings (SSSR count). The maximum absolute atomic E-state index is 5.57. The van der Waals surface area contributed by atoms with Gasteiger partial charge in [-0.05, 0) is 31.6 Å². The van der Waals surface area contributed by atoms with Crippen LogP contribution in [0, 0.1) is 11.8 Å². The van der Waals surface area contributed by atoms with E-state index in [1.54, 1.807) is 0 Å². The molecule has 12 heavy (non-hydrogen) atoms. The van der Waals surface area contributed by atoms with Gasteiger partial charge in [-0.2, -0.15) is 0 Å². The molecule has 2 nitrogen and oxygen atoms in total. The molecule has 0 aromatic rings. The van der Waals surface area contributed by atoms with Gasteiger partial charge in [0.05, 0.1) is 11.9 Å². The Bertz CT molecular complexity index is 171. The number of amidine groups is 1. The van der Waals surface area contributed by atoms with Crippen molar-refractivity contribution in [3.8, 4) is 0 Å². The molecule has 1 saturated carbocycles. The van der Waals surface area contributed by atoms with E-state index in [9.17, 15) is 0 Å². The van der Waals surface area contributed by atoms with Crippen LogP contribution >= 0.6 is 0 Å². The van der Waals surface area contributed by atoms with Crippen molar-refractivity contribution >= 4 is 5.84 Å². The highest BCUT2D eigenvalue weighted by Gasteiger charge is 2.30. The smallest absolute Gasteiger partial charge is 0.0909 e. The Morgan fingerprint density at radius 2 is 2.17 bits per heavy atom. The van der Waals surface area contributed by atoms with Crippen LogP contribution in [0.2, 0.25) is 0 Å². The fraction of sp³-hybridized carbons (Fsp3) is 0.900. The van der Waals surface area contributed by atoms with Gasteiger partial charge in [0.1, 0.15) is 0 Å². The Labute approximate surface area is 75.3 Å². The lowest BCUT2D eigenvalue weighted by atomic mass is 9.94. The Kier molecular flexibility index (Phi) is 3.12. The van der Waals surface area contributed by atoms with Gasteiger partial charge in [-0.1, -0.05) is 20.3 Å². The summed E-state index contributed by atoms with van der Waals surface area (Å²) in [5.74, 6) is 2.34. The van der Waals surface area contributed by atoms with E-state index in [1.807, 2.05) is 6.92 Å². The van der Waals surface area contributed by atoms with Crippen LogP contribution in [-0.4, -0.2) is 11.9 Å². The molecular weight excluding hydrogens is 148 g/mol. The zero-order valence-electron chi connectivity index (χ0n) is 8.38. The third kappa shape index (κ3) is 1.99. The Hall–Kier alpha value is -0.530. The van der Waals surface area contributed by atoms with Gasteiger partial charge in [-0.25, -0.2) is 0 Å². The molecule has 3 atom stereocenters. The lowest BCUT2D eigenvalue weighted by Crippen LogP contribution is -2.18. The molecule has 1 aliphatic carbocycles. The van der Waals surface area contributed by atoms with Gasteiger partial charge in [0.2, 0.25) is 0 Å². The van der Waals surface area contributed by atoms with Crippen molar-refractivity contribution in [1.29, 1.82) is 0 Å². The largest absolute Gasteiger partial charge is 0.388 e. The molecule has 0 radical (unpaired) electrons. The normalized spacial score (nSPS) is 37.2. The highest BCUT2D eigenvalue weighted by atomic mass is 14.9. The summed E-state index contributed by atoms with van der Waals surface area (Å²) in [5, 5.41) is 0. The zero-order valence-corrected chi connectivity index (χ0v) is 8.38. The van der Waals surface area contributed by atoms with E-state index in [2.05, 4.69) is 18.8 Å². The van der Waals surface area contributed by atoms with Gasteiger partial charge in [-0.3, -0.25) is 4.99 Å². The summed E-state index contributed by atoms with van der Waals surface area (Å²) >= 11 is 0. The van der Waals surface area contributed by atoms with Crippen LogP contribution in [0.5, 0.6) is 0 Å². The molecule has 2 N–H and O–H groups in total. The number of rotatable bonds is 2. The van der Waals surface area contributed by atoms with Crippen molar-refractivity contribution < 1.29 is 0 Å². The Morgan fingerprint density at radius 3 is 2.58 bits per heavy atom. The first-order valence-corrected chi connectivity index (χ1v) is 4.95. The van der Waals surface area contributed by atoms with Crippen molar-refractivity contribution in [2.45, 2.75) is 46.1 Å². The van der Waals surface area contributed by atoms with Gasteiger partial charge in [0.15, 0.2) is 0 Å². The Morgan fingerprint density at radius 1 is 1.50 bits per heavy atom. The summed E-state index contributed by atoms with van der Waals surface area (Å²) in [7, 11) is 0. The molecule has 0 spiro atoms. The van der Waals surface area contributed by atoms with Crippen LogP contribution in [0.4, 0.5) is 0 Å². The van der Waals surface area contributed by atoms with Crippen LogP contribution in [0.15, 0.2) is 4.99 Å². The molecule has 0 amide bonds. The summed E-state index contributed by atoms with van der Waals surface area (Å²) in [4.78, 5) is 4.45. The molecule has 1 fully saturated rings. The van der Waals surface area contributed by atoms with E-state index in [0.29, 0.717) is 6.04 Å². The number of hydrogen-bond donors (Lipinski definition) is 1. The maximum atomic E-state index is 5.57. The SMILES string of the molecule is CCC1CCC(N=C(C)N)C1C. The molecule has 1 aliphatic rings. The van der Waals surface area contributed by atoms with Gasteiger partial charge in [0.25, 0.3) is 0 Å². The first-order valence-electron chi connectivity index (χ1n) is 4.95. The minimum atomic E-state index is 0.500. The molecular formula is C10H20N2. The third-order valence-electron chi connectivity index (χ3n) is 3.08. The van der Waals surface area contributed by atoms with Crippen molar-refractivity contribution in [3.63, 3.8) is 0 Å². The number of hydrogen-bond acceptors (Lipinski definition) is 1. The lowest BCUT2D eigenvalue weighted by molar-refractivity contribution is 0.383. The second-order valence-corrected chi connectivity index (χ2v) is 3.94. The zero-order chi connectivity index (χ0) is 9.14. The van der Waals surface area contributed by atoms with Crippen LogP contribution in [-0.2, 0) is 0 Å². The van der Waals surface area contributed by atoms with Crippen LogP contribution in [0.1, 0.15) is 40.0 Å². The highest BCUT2D eigenvalue weighted by Crippen LogP contribution is 2.35. The quantitative estimate of drug-likeness (QED) is 0.498. The highest BCUT2D eigenvalue weighted by molar-refractivity contribution is 5.77. The average molecular weight is 168 g/mol.